The van der Waals surface area contributed by atoms with E-state index in [-0.39, 0.29) is 5.60 Å². The fourth-order valence-electron chi connectivity index (χ4n) is 4.45. The van der Waals surface area contributed by atoms with Crippen LogP contribution in [0.3, 0.4) is 0 Å². The second kappa shape index (κ2) is 6.56. The maximum absolute atomic E-state index is 10.7. The van der Waals surface area contributed by atoms with Crippen molar-refractivity contribution in [2.24, 2.45) is 5.41 Å². The molecule has 2 aliphatic rings. The average molecular weight is 381 g/mol. The van der Waals surface area contributed by atoms with Crippen molar-refractivity contribution in [2.75, 3.05) is 0 Å². The van der Waals surface area contributed by atoms with Crippen molar-refractivity contribution in [1.82, 2.24) is 0 Å². The van der Waals surface area contributed by atoms with Gasteiger partial charge in [0.1, 0.15) is 0 Å². The standard InChI is InChI=1S/C19H25BrO3/c1-14-4-5-16(20)11-15(14)12-23-19-9-7-18(13-19,8-10-19)6-2-3-17(21)22/h4-5,11H,2-3,6-10,12-13H2,1H3,(H,21,22). The highest BCUT2D eigenvalue weighted by molar-refractivity contribution is 9.10. The molecular weight excluding hydrogens is 356 g/mol. The smallest absolute Gasteiger partial charge is 0.303 e. The van der Waals surface area contributed by atoms with Gasteiger partial charge in [-0.05, 0) is 80.5 Å². The number of aliphatic carboxylic acids is 1. The molecule has 0 aliphatic heterocycles. The van der Waals surface area contributed by atoms with Gasteiger partial charge in [0.25, 0.3) is 0 Å². The SMILES string of the molecule is Cc1ccc(Br)cc1COC12CCC(CCCC(=O)O)(CC1)C2. The highest BCUT2D eigenvalue weighted by atomic mass is 79.9. The summed E-state index contributed by atoms with van der Waals surface area (Å²) >= 11 is 3.53. The molecule has 0 aromatic heterocycles. The van der Waals surface area contributed by atoms with Crippen LogP contribution in [0.5, 0.6) is 0 Å². The van der Waals surface area contributed by atoms with Crippen LogP contribution >= 0.6 is 15.9 Å². The minimum atomic E-state index is -0.676. The van der Waals surface area contributed by atoms with Crippen LogP contribution < -0.4 is 0 Å². The van der Waals surface area contributed by atoms with Gasteiger partial charge in [0.05, 0.1) is 12.2 Å². The normalized spacial score (nSPS) is 29.1. The quantitative estimate of drug-likeness (QED) is 0.703. The molecule has 0 unspecified atom stereocenters. The topological polar surface area (TPSA) is 46.5 Å². The summed E-state index contributed by atoms with van der Waals surface area (Å²) in [6.07, 6.45) is 7.92. The van der Waals surface area contributed by atoms with Crippen LogP contribution in [0.1, 0.15) is 62.5 Å². The van der Waals surface area contributed by atoms with Crippen LogP contribution in [-0.4, -0.2) is 16.7 Å². The molecule has 1 aromatic carbocycles. The summed E-state index contributed by atoms with van der Waals surface area (Å²) in [5, 5.41) is 8.84. The van der Waals surface area contributed by atoms with Crippen molar-refractivity contribution in [3.05, 3.63) is 33.8 Å². The van der Waals surface area contributed by atoms with Crippen LogP contribution in [0.25, 0.3) is 0 Å². The van der Waals surface area contributed by atoms with Crippen molar-refractivity contribution < 1.29 is 14.6 Å². The third-order valence-electron chi connectivity index (χ3n) is 5.86. The number of ether oxygens (including phenoxy) is 1. The Bertz CT molecular complexity index is 588. The molecule has 4 heteroatoms. The maximum atomic E-state index is 10.7. The Kier molecular flexibility index (Phi) is 4.84. The van der Waals surface area contributed by atoms with E-state index in [1.54, 1.807) is 0 Å². The van der Waals surface area contributed by atoms with E-state index < -0.39 is 5.97 Å². The number of hydrogen-bond acceptors (Lipinski definition) is 2. The fourth-order valence-corrected chi connectivity index (χ4v) is 4.86. The third kappa shape index (κ3) is 3.80. The van der Waals surface area contributed by atoms with Gasteiger partial charge in [-0.3, -0.25) is 4.79 Å². The van der Waals surface area contributed by atoms with Crippen LogP contribution in [0.2, 0.25) is 0 Å². The fraction of sp³-hybridized carbons (Fsp3) is 0.632. The molecule has 2 saturated carbocycles. The molecule has 0 spiro atoms. The lowest BCUT2D eigenvalue weighted by molar-refractivity contribution is -0.137. The average Bonchev–Trinajstić information content (AvgIpc) is 3.04. The van der Waals surface area contributed by atoms with E-state index in [4.69, 9.17) is 9.84 Å². The predicted octanol–water partition coefficient (Wildman–Crippen LogP) is 5.23. The number of carboxylic acid groups (broad SMARTS) is 1. The minimum Gasteiger partial charge on any atom is -0.481 e. The van der Waals surface area contributed by atoms with Gasteiger partial charge in [-0.15, -0.1) is 0 Å². The van der Waals surface area contributed by atoms with Gasteiger partial charge < -0.3 is 9.84 Å². The van der Waals surface area contributed by atoms with E-state index >= 15 is 0 Å². The third-order valence-corrected chi connectivity index (χ3v) is 6.36. The van der Waals surface area contributed by atoms with Crippen LogP contribution in [0.15, 0.2) is 22.7 Å². The second-order valence-electron chi connectivity index (χ2n) is 7.47. The summed E-state index contributed by atoms with van der Waals surface area (Å²) in [5.41, 5.74) is 2.91. The summed E-state index contributed by atoms with van der Waals surface area (Å²) < 4.78 is 7.52. The Morgan fingerprint density at radius 2 is 2.04 bits per heavy atom. The zero-order valence-corrected chi connectivity index (χ0v) is 15.3. The first kappa shape index (κ1) is 17.0. The molecule has 126 valence electrons. The number of halogens is 1. The van der Waals surface area contributed by atoms with Gasteiger partial charge >= 0.3 is 5.97 Å². The van der Waals surface area contributed by atoms with Crippen molar-refractivity contribution in [1.29, 1.82) is 0 Å². The van der Waals surface area contributed by atoms with Crippen molar-refractivity contribution in [3.63, 3.8) is 0 Å². The molecule has 2 bridgehead atoms. The van der Waals surface area contributed by atoms with Crippen LogP contribution in [0.4, 0.5) is 0 Å². The molecule has 0 saturated heterocycles. The van der Waals surface area contributed by atoms with Gasteiger partial charge in [-0.2, -0.15) is 0 Å². The first-order valence-corrected chi connectivity index (χ1v) is 9.32. The van der Waals surface area contributed by atoms with Gasteiger partial charge in [-0.25, -0.2) is 0 Å². The number of hydrogen-bond donors (Lipinski definition) is 1. The van der Waals surface area contributed by atoms with E-state index in [1.165, 1.54) is 24.0 Å². The predicted molar refractivity (Wildman–Crippen MR) is 93.4 cm³/mol. The van der Waals surface area contributed by atoms with E-state index in [0.29, 0.717) is 18.4 Å². The Morgan fingerprint density at radius 1 is 1.30 bits per heavy atom. The number of rotatable bonds is 7. The summed E-state index contributed by atoms with van der Waals surface area (Å²) in [6.45, 7) is 2.80. The first-order chi connectivity index (χ1) is 10.9. The van der Waals surface area contributed by atoms with Crippen molar-refractivity contribution in [2.45, 2.75) is 70.5 Å². The van der Waals surface area contributed by atoms with Crippen LogP contribution in [0, 0.1) is 12.3 Å². The molecule has 0 radical (unpaired) electrons. The van der Waals surface area contributed by atoms with Gasteiger partial charge in [0.15, 0.2) is 0 Å². The van der Waals surface area contributed by atoms with E-state index in [0.717, 1.165) is 36.6 Å². The molecule has 3 nitrogen and oxygen atoms in total. The lowest BCUT2D eigenvalue weighted by Crippen LogP contribution is -2.26. The van der Waals surface area contributed by atoms with Crippen molar-refractivity contribution >= 4 is 21.9 Å². The molecular formula is C19H25BrO3. The Hall–Kier alpha value is -0.870. The summed E-state index contributed by atoms with van der Waals surface area (Å²) in [6, 6.07) is 6.34. The van der Waals surface area contributed by atoms with Crippen molar-refractivity contribution in [3.8, 4) is 0 Å². The lowest BCUT2D eigenvalue weighted by Gasteiger charge is -2.28. The summed E-state index contributed by atoms with van der Waals surface area (Å²) in [4.78, 5) is 10.7. The maximum Gasteiger partial charge on any atom is 0.303 e. The highest BCUT2D eigenvalue weighted by Gasteiger charge is 2.54. The number of aryl methyl sites for hydroxylation is 1. The van der Waals surface area contributed by atoms with E-state index in [9.17, 15) is 4.79 Å². The molecule has 2 fully saturated rings. The number of benzene rings is 1. The Morgan fingerprint density at radius 3 is 2.74 bits per heavy atom. The number of carbonyl (C=O) groups is 1. The molecule has 2 aliphatic carbocycles. The van der Waals surface area contributed by atoms with Crippen LogP contribution in [-0.2, 0) is 16.1 Å². The molecule has 0 atom stereocenters. The molecule has 23 heavy (non-hydrogen) atoms. The largest absolute Gasteiger partial charge is 0.481 e. The summed E-state index contributed by atoms with van der Waals surface area (Å²) in [7, 11) is 0. The highest BCUT2D eigenvalue weighted by Crippen LogP contribution is 2.60. The number of carboxylic acids is 1. The lowest BCUT2D eigenvalue weighted by atomic mass is 9.80. The number of fused-ring (bicyclic) bond motifs is 2. The second-order valence-corrected chi connectivity index (χ2v) is 8.38. The Balaban J connectivity index is 1.58. The molecule has 1 N–H and O–H groups in total. The monoisotopic (exact) mass is 380 g/mol. The molecule has 1 aromatic rings. The summed E-state index contributed by atoms with van der Waals surface area (Å²) in [5.74, 6) is -0.676. The zero-order valence-electron chi connectivity index (χ0n) is 13.7. The molecule has 0 amide bonds. The molecule has 3 rings (SSSR count). The van der Waals surface area contributed by atoms with Gasteiger partial charge in [-0.1, -0.05) is 22.0 Å². The van der Waals surface area contributed by atoms with Gasteiger partial charge in [0.2, 0.25) is 0 Å². The Labute approximate surface area is 146 Å². The van der Waals surface area contributed by atoms with Gasteiger partial charge in [0, 0.05) is 10.9 Å². The molecule has 0 heterocycles. The zero-order chi connectivity index (χ0) is 16.5. The first-order valence-electron chi connectivity index (χ1n) is 8.53. The van der Waals surface area contributed by atoms with E-state index in [2.05, 4.69) is 41.1 Å². The van der Waals surface area contributed by atoms with E-state index in [1.807, 2.05) is 0 Å². The minimum absolute atomic E-state index is 0.0397.